The van der Waals surface area contributed by atoms with Gasteiger partial charge in [-0.15, -0.1) is 0 Å². The second kappa shape index (κ2) is 9.69. The van der Waals surface area contributed by atoms with E-state index in [2.05, 4.69) is 19.2 Å². The Morgan fingerprint density at radius 2 is 1.75 bits per heavy atom. The molecule has 0 aliphatic carbocycles. The predicted molar refractivity (Wildman–Crippen MR) is 110 cm³/mol. The molecule has 6 nitrogen and oxygen atoms in total. The Hall–Kier alpha value is -3.15. The Morgan fingerprint density at radius 1 is 1.07 bits per heavy atom. The van der Waals surface area contributed by atoms with E-state index in [4.69, 9.17) is 4.74 Å². The minimum absolute atomic E-state index is 0.133. The average molecular weight is 382 g/mol. The first kappa shape index (κ1) is 21.2. The Morgan fingerprint density at radius 3 is 2.32 bits per heavy atom. The number of rotatable bonds is 7. The van der Waals surface area contributed by atoms with Gasteiger partial charge in [0.1, 0.15) is 0 Å². The molecule has 0 bridgehead atoms. The fourth-order valence-electron chi connectivity index (χ4n) is 2.78. The quantitative estimate of drug-likeness (QED) is 0.735. The van der Waals surface area contributed by atoms with Crippen molar-refractivity contribution in [2.24, 2.45) is 0 Å². The number of carbonyl (C=O) groups excluding carboxylic acids is 3. The van der Waals surface area contributed by atoms with Gasteiger partial charge in [-0.1, -0.05) is 32.0 Å². The topological polar surface area (TPSA) is 75.7 Å². The van der Waals surface area contributed by atoms with Crippen molar-refractivity contribution in [1.82, 2.24) is 0 Å². The van der Waals surface area contributed by atoms with Gasteiger partial charge in [0.15, 0.2) is 0 Å². The summed E-state index contributed by atoms with van der Waals surface area (Å²) in [5, 5.41) is 2.84. The molecule has 1 N–H and O–H groups in total. The van der Waals surface area contributed by atoms with Crippen LogP contribution in [-0.4, -0.2) is 31.4 Å². The zero-order chi connectivity index (χ0) is 20.7. The van der Waals surface area contributed by atoms with Crippen molar-refractivity contribution in [3.05, 3.63) is 59.7 Å². The molecular weight excluding hydrogens is 356 g/mol. The van der Waals surface area contributed by atoms with E-state index in [1.165, 1.54) is 24.5 Å². The minimum Gasteiger partial charge on any atom is -0.465 e. The Labute approximate surface area is 165 Å². The minimum atomic E-state index is -0.479. The van der Waals surface area contributed by atoms with E-state index in [0.29, 0.717) is 17.2 Å². The lowest BCUT2D eigenvalue weighted by atomic mass is 10.0. The van der Waals surface area contributed by atoms with Gasteiger partial charge in [0.05, 0.1) is 12.7 Å². The summed E-state index contributed by atoms with van der Waals surface area (Å²) < 4.78 is 4.71. The Balaban J connectivity index is 2.02. The second-order valence-corrected chi connectivity index (χ2v) is 6.79. The third-order valence-electron chi connectivity index (χ3n) is 4.38. The molecule has 2 amide bonds. The van der Waals surface area contributed by atoms with Crippen molar-refractivity contribution in [3.8, 4) is 0 Å². The van der Waals surface area contributed by atoms with Crippen LogP contribution >= 0.6 is 0 Å². The van der Waals surface area contributed by atoms with Gasteiger partial charge in [-0.25, -0.2) is 4.79 Å². The highest BCUT2D eigenvalue weighted by Gasteiger charge is 2.16. The number of carbonyl (C=O) groups is 3. The van der Waals surface area contributed by atoms with Gasteiger partial charge in [0.25, 0.3) is 0 Å². The lowest BCUT2D eigenvalue weighted by Gasteiger charge is -2.21. The van der Waals surface area contributed by atoms with E-state index in [1.54, 1.807) is 24.3 Å². The molecule has 0 unspecified atom stereocenters. The highest BCUT2D eigenvalue weighted by molar-refractivity contribution is 5.96. The first-order valence-corrected chi connectivity index (χ1v) is 9.18. The molecule has 6 heteroatoms. The van der Waals surface area contributed by atoms with Gasteiger partial charge in [-0.3, -0.25) is 9.59 Å². The summed E-state index contributed by atoms with van der Waals surface area (Å²) in [7, 11) is 1.30. The summed E-state index contributed by atoms with van der Waals surface area (Å²) >= 11 is 0. The highest BCUT2D eigenvalue weighted by Crippen LogP contribution is 2.19. The van der Waals surface area contributed by atoms with Gasteiger partial charge >= 0.3 is 5.97 Å². The smallest absolute Gasteiger partial charge is 0.337 e. The van der Waals surface area contributed by atoms with E-state index in [9.17, 15) is 14.4 Å². The van der Waals surface area contributed by atoms with Crippen molar-refractivity contribution in [2.45, 2.75) is 33.1 Å². The van der Waals surface area contributed by atoms with Crippen LogP contribution in [-0.2, 0) is 14.3 Å². The van der Waals surface area contributed by atoms with Crippen LogP contribution in [0.4, 0.5) is 11.4 Å². The number of nitrogens with zero attached hydrogens (tertiary/aromatic N) is 1. The largest absolute Gasteiger partial charge is 0.465 e. The molecule has 0 spiro atoms. The first-order chi connectivity index (χ1) is 13.3. The summed E-state index contributed by atoms with van der Waals surface area (Å²) in [5.74, 6) is -0.452. The van der Waals surface area contributed by atoms with Gasteiger partial charge in [-0.2, -0.15) is 0 Å². The standard InChI is InChI=1S/C22H26N2O4/c1-15(2)17-8-10-19(11-9-17)23-21(26)12-13-24(16(3)25)20-7-5-6-18(14-20)22(27)28-4/h5-11,14-15H,12-13H2,1-4H3,(H,23,26). The fourth-order valence-corrected chi connectivity index (χ4v) is 2.78. The van der Waals surface area contributed by atoms with E-state index < -0.39 is 5.97 Å². The molecule has 2 aromatic carbocycles. The van der Waals surface area contributed by atoms with Crippen LogP contribution in [0.1, 0.15) is 49.0 Å². The van der Waals surface area contributed by atoms with E-state index in [-0.39, 0.29) is 24.8 Å². The third kappa shape index (κ3) is 5.67. The third-order valence-corrected chi connectivity index (χ3v) is 4.38. The summed E-state index contributed by atoms with van der Waals surface area (Å²) in [6.07, 6.45) is 0.133. The molecular formula is C22H26N2O4. The Kier molecular flexibility index (Phi) is 7.32. The molecule has 0 saturated carbocycles. The van der Waals surface area contributed by atoms with Crippen molar-refractivity contribution in [1.29, 1.82) is 0 Å². The lowest BCUT2D eigenvalue weighted by molar-refractivity contribution is -0.117. The van der Waals surface area contributed by atoms with Gasteiger partial charge in [0, 0.05) is 31.3 Å². The molecule has 28 heavy (non-hydrogen) atoms. The summed E-state index contributed by atoms with van der Waals surface area (Å²) in [4.78, 5) is 37.5. The number of methoxy groups -OCH3 is 1. The highest BCUT2D eigenvalue weighted by atomic mass is 16.5. The fraction of sp³-hybridized carbons (Fsp3) is 0.318. The van der Waals surface area contributed by atoms with Gasteiger partial charge in [-0.05, 0) is 41.8 Å². The molecule has 0 fully saturated rings. The van der Waals surface area contributed by atoms with Gasteiger partial charge in [0.2, 0.25) is 11.8 Å². The lowest BCUT2D eigenvalue weighted by Crippen LogP contribution is -2.32. The van der Waals surface area contributed by atoms with Crippen molar-refractivity contribution in [3.63, 3.8) is 0 Å². The molecule has 0 atom stereocenters. The first-order valence-electron chi connectivity index (χ1n) is 9.18. The van der Waals surface area contributed by atoms with Crippen molar-refractivity contribution < 1.29 is 19.1 Å². The average Bonchev–Trinajstić information content (AvgIpc) is 2.68. The van der Waals surface area contributed by atoms with E-state index in [1.807, 2.05) is 24.3 Å². The number of hydrogen-bond donors (Lipinski definition) is 1. The normalized spacial score (nSPS) is 10.5. The molecule has 2 rings (SSSR count). The molecule has 0 radical (unpaired) electrons. The summed E-state index contributed by atoms with van der Waals surface area (Å²) in [6.45, 7) is 5.85. The van der Waals surface area contributed by atoms with E-state index in [0.717, 1.165) is 5.69 Å². The number of benzene rings is 2. The maximum Gasteiger partial charge on any atom is 0.337 e. The van der Waals surface area contributed by atoms with Gasteiger partial charge < -0.3 is 15.0 Å². The van der Waals surface area contributed by atoms with Crippen molar-refractivity contribution in [2.75, 3.05) is 23.9 Å². The maximum absolute atomic E-state index is 12.3. The zero-order valence-electron chi connectivity index (χ0n) is 16.7. The number of amides is 2. The number of hydrogen-bond acceptors (Lipinski definition) is 4. The molecule has 2 aromatic rings. The number of esters is 1. The maximum atomic E-state index is 12.3. The molecule has 148 valence electrons. The summed E-state index contributed by atoms with van der Waals surface area (Å²) in [6, 6.07) is 14.3. The van der Waals surface area contributed by atoms with Crippen LogP contribution in [0, 0.1) is 0 Å². The number of nitrogens with one attached hydrogen (secondary N) is 1. The van der Waals surface area contributed by atoms with Crippen LogP contribution in [0.5, 0.6) is 0 Å². The number of anilines is 2. The van der Waals surface area contributed by atoms with Crippen LogP contribution in [0.2, 0.25) is 0 Å². The van der Waals surface area contributed by atoms with Crippen molar-refractivity contribution >= 4 is 29.2 Å². The van der Waals surface area contributed by atoms with Crippen LogP contribution < -0.4 is 10.2 Å². The molecule has 0 aromatic heterocycles. The second-order valence-electron chi connectivity index (χ2n) is 6.79. The molecule has 0 aliphatic heterocycles. The SMILES string of the molecule is COC(=O)c1cccc(N(CCC(=O)Nc2ccc(C(C)C)cc2)C(C)=O)c1. The van der Waals surface area contributed by atoms with Crippen LogP contribution in [0.15, 0.2) is 48.5 Å². The zero-order valence-corrected chi connectivity index (χ0v) is 16.7. The predicted octanol–water partition coefficient (Wildman–Crippen LogP) is 3.98. The van der Waals surface area contributed by atoms with Crippen LogP contribution in [0.3, 0.4) is 0 Å². The monoisotopic (exact) mass is 382 g/mol. The van der Waals surface area contributed by atoms with Crippen LogP contribution in [0.25, 0.3) is 0 Å². The Bertz CT molecular complexity index is 844. The van der Waals surface area contributed by atoms with E-state index >= 15 is 0 Å². The molecule has 0 aliphatic rings. The number of ether oxygens (including phenoxy) is 1. The summed E-state index contributed by atoms with van der Waals surface area (Å²) in [5.41, 5.74) is 2.81. The molecule has 0 heterocycles. The molecule has 0 saturated heterocycles.